The highest BCUT2D eigenvalue weighted by Crippen LogP contribution is 2.44. The summed E-state index contributed by atoms with van der Waals surface area (Å²) < 4.78 is 0. The molecule has 0 aromatic carbocycles. The van der Waals surface area contributed by atoms with Crippen molar-refractivity contribution in [3.8, 4) is 0 Å². The number of hydrogen-bond acceptors (Lipinski definition) is 0. The highest BCUT2D eigenvalue weighted by Gasteiger charge is 2.33. The molecule has 0 amide bonds. The van der Waals surface area contributed by atoms with Gasteiger partial charge in [-0.1, -0.05) is 39.4 Å². The summed E-state index contributed by atoms with van der Waals surface area (Å²) in [6, 6.07) is 0. The van der Waals surface area contributed by atoms with E-state index in [0.717, 1.165) is 23.6 Å². The van der Waals surface area contributed by atoms with E-state index in [1.807, 2.05) is 0 Å². The lowest BCUT2D eigenvalue weighted by Crippen LogP contribution is -2.08. The van der Waals surface area contributed by atoms with E-state index < -0.39 is 0 Å². The monoisotopic (exact) mass is 138 g/mol. The summed E-state index contributed by atoms with van der Waals surface area (Å²) in [5.41, 5.74) is 0. The molecule has 1 fully saturated rings. The van der Waals surface area contributed by atoms with Crippen molar-refractivity contribution in [1.29, 1.82) is 0 Å². The third-order valence-corrected chi connectivity index (χ3v) is 3.67. The second-order valence-electron chi connectivity index (χ2n) is 4.10. The largest absolute Gasteiger partial charge is 0.105 e. The molecule has 0 aromatic rings. The van der Waals surface area contributed by atoms with Crippen LogP contribution in [0.15, 0.2) is 0 Å². The lowest BCUT2D eigenvalue weighted by molar-refractivity contribution is 0.349. The number of rotatable bonds is 1. The van der Waals surface area contributed by atoms with Crippen LogP contribution in [0.2, 0.25) is 5.82 Å². The molecule has 4 unspecified atom stereocenters. The first-order valence-electron chi connectivity index (χ1n) is 4.66. The first kappa shape index (κ1) is 8.16. The van der Waals surface area contributed by atoms with Gasteiger partial charge in [0, 0.05) is 0 Å². The molecule has 1 aliphatic rings. The Kier molecular flexibility index (Phi) is 2.43. The molecule has 0 radical (unpaired) electrons. The lowest BCUT2D eigenvalue weighted by atomic mass is 9.78. The van der Waals surface area contributed by atoms with Gasteiger partial charge in [0.15, 0.2) is 0 Å². The van der Waals surface area contributed by atoms with Crippen molar-refractivity contribution in [2.24, 2.45) is 17.8 Å². The maximum absolute atomic E-state index is 2.42. The Hall–Kier alpha value is 0.0649. The van der Waals surface area contributed by atoms with Gasteiger partial charge in [0.1, 0.15) is 7.85 Å². The minimum Gasteiger partial charge on any atom is -0.0667 e. The van der Waals surface area contributed by atoms with Crippen LogP contribution in [0.1, 0.15) is 33.6 Å². The van der Waals surface area contributed by atoms with Crippen molar-refractivity contribution >= 4 is 7.85 Å². The van der Waals surface area contributed by atoms with E-state index in [1.165, 1.54) is 12.8 Å². The summed E-state index contributed by atoms with van der Waals surface area (Å²) in [6.07, 6.45) is 2.86. The van der Waals surface area contributed by atoms with Crippen molar-refractivity contribution in [2.75, 3.05) is 0 Å². The molecule has 0 bridgehead atoms. The Morgan fingerprint density at radius 1 is 1.30 bits per heavy atom. The zero-order valence-corrected chi connectivity index (χ0v) is 7.72. The molecule has 0 spiro atoms. The first-order chi connectivity index (χ1) is 4.66. The van der Waals surface area contributed by atoms with Crippen molar-refractivity contribution < 1.29 is 0 Å². The maximum Gasteiger partial charge on any atom is 0.105 e. The average Bonchev–Trinajstić information content (AvgIpc) is 2.17. The molecule has 1 aliphatic carbocycles. The van der Waals surface area contributed by atoms with E-state index in [0.29, 0.717) is 0 Å². The van der Waals surface area contributed by atoms with E-state index in [9.17, 15) is 0 Å². The predicted molar refractivity (Wildman–Crippen MR) is 49.0 cm³/mol. The highest BCUT2D eigenvalue weighted by atomic mass is 14.4. The SMILES string of the molecule is BC1CC(CC)C(C)C1C. The zero-order valence-electron chi connectivity index (χ0n) is 7.72. The minimum absolute atomic E-state index is 0.963. The fraction of sp³-hybridized carbons (Fsp3) is 1.00. The minimum atomic E-state index is 0.963. The fourth-order valence-corrected chi connectivity index (χ4v) is 2.39. The quantitative estimate of drug-likeness (QED) is 0.487. The summed E-state index contributed by atoms with van der Waals surface area (Å²) >= 11 is 0. The van der Waals surface area contributed by atoms with E-state index in [2.05, 4.69) is 28.6 Å². The molecule has 1 heteroatoms. The molecule has 0 aromatic heterocycles. The van der Waals surface area contributed by atoms with Crippen LogP contribution in [0.5, 0.6) is 0 Å². The maximum atomic E-state index is 2.42. The molecule has 58 valence electrons. The van der Waals surface area contributed by atoms with Gasteiger partial charge in [-0.3, -0.25) is 0 Å². The topological polar surface area (TPSA) is 0 Å². The van der Waals surface area contributed by atoms with Crippen LogP contribution >= 0.6 is 0 Å². The molecule has 0 heterocycles. The van der Waals surface area contributed by atoms with Crippen molar-refractivity contribution in [3.05, 3.63) is 0 Å². The normalized spacial score (nSPS) is 47.9. The Morgan fingerprint density at radius 3 is 2.10 bits per heavy atom. The van der Waals surface area contributed by atoms with Crippen LogP contribution in [-0.2, 0) is 0 Å². The van der Waals surface area contributed by atoms with E-state index in [1.54, 1.807) is 0 Å². The summed E-state index contributed by atoms with van der Waals surface area (Å²) in [4.78, 5) is 0. The second-order valence-corrected chi connectivity index (χ2v) is 4.10. The van der Waals surface area contributed by atoms with Crippen molar-refractivity contribution in [2.45, 2.75) is 39.4 Å². The Balaban J connectivity index is 2.53. The molecule has 10 heavy (non-hydrogen) atoms. The van der Waals surface area contributed by atoms with Gasteiger partial charge in [-0.2, -0.15) is 0 Å². The molecular weight excluding hydrogens is 119 g/mol. The molecule has 4 atom stereocenters. The van der Waals surface area contributed by atoms with Crippen LogP contribution in [0.25, 0.3) is 0 Å². The van der Waals surface area contributed by atoms with Gasteiger partial charge in [0.2, 0.25) is 0 Å². The average molecular weight is 138 g/mol. The Morgan fingerprint density at radius 2 is 1.90 bits per heavy atom. The summed E-state index contributed by atoms with van der Waals surface area (Å²) in [6.45, 7) is 7.15. The predicted octanol–water partition coefficient (Wildman–Crippen LogP) is 2.11. The van der Waals surface area contributed by atoms with E-state index in [4.69, 9.17) is 0 Å². The van der Waals surface area contributed by atoms with Crippen LogP contribution in [0, 0.1) is 17.8 Å². The summed E-state index contributed by atoms with van der Waals surface area (Å²) in [5.74, 6) is 3.93. The third-order valence-electron chi connectivity index (χ3n) is 3.67. The van der Waals surface area contributed by atoms with Gasteiger partial charge < -0.3 is 0 Å². The summed E-state index contributed by atoms with van der Waals surface area (Å²) in [7, 11) is 2.40. The first-order valence-corrected chi connectivity index (χ1v) is 4.66. The van der Waals surface area contributed by atoms with Gasteiger partial charge >= 0.3 is 0 Å². The Bertz CT molecular complexity index is 111. The van der Waals surface area contributed by atoms with Gasteiger partial charge in [-0.15, -0.1) is 0 Å². The van der Waals surface area contributed by atoms with Crippen molar-refractivity contribution in [1.82, 2.24) is 0 Å². The van der Waals surface area contributed by atoms with Crippen molar-refractivity contribution in [3.63, 3.8) is 0 Å². The van der Waals surface area contributed by atoms with Crippen LogP contribution < -0.4 is 0 Å². The molecule has 0 aliphatic heterocycles. The van der Waals surface area contributed by atoms with Crippen LogP contribution in [0.4, 0.5) is 0 Å². The molecule has 1 rings (SSSR count). The molecule has 1 saturated carbocycles. The van der Waals surface area contributed by atoms with E-state index >= 15 is 0 Å². The van der Waals surface area contributed by atoms with Gasteiger partial charge in [-0.05, 0) is 17.8 Å². The van der Waals surface area contributed by atoms with Crippen LogP contribution in [0.3, 0.4) is 0 Å². The van der Waals surface area contributed by atoms with Gasteiger partial charge in [0.05, 0.1) is 0 Å². The standard InChI is InChI=1S/C9H19B/c1-4-8-5-9(10)7(3)6(8)2/h6-9H,4-5,10H2,1-3H3. The zero-order chi connectivity index (χ0) is 7.72. The number of hydrogen-bond donors (Lipinski definition) is 0. The molecule has 0 N–H and O–H groups in total. The summed E-state index contributed by atoms with van der Waals surface area (Å²) in [5, 5.41) is 0. The van der Waals surface area contributed by atoms with Gasteiger partial charge in [-0.25, -0.2) is 0 Å². The third kappa shape index (κ3) is 1.23. The molecular formula is C9H19B. The highest BCUT2D eigenvalue weighted by molar-refractivity contribution is 6.12. The van der Waals surface area contributed by atoms with Crippen LogP contribution in [-0.4, -0.2) is 7.85 Å². The fourth-order valence-electron chi connectivity index (χ4n) is 2.39. The lowest BCUT2D eigenvalue weighted by Gasteiger charge is -2.16. The Labute approximate surface area is 65.8 Å². The molecule has 0 nitrogen and oxygen atoms in total. The van der Waals surface area contributed by atoms with E-state index in [-0.39, 0.29) is 0 Å². The molecule has 0 saturated heterocycles. The smallest absolute Gasteiger partial charge is 0.0667 e. The van der Waals surface area contributed by atoms with Gasteiger partial charge in [0.25, 0.3) is 0 Å². The second kappa shape index (κ2) is 2.98.